The molecule has 1 aromatic heterocycles. The maximum atomic E-state index is 8.79. The lowest BCUT2D eigenvalue weighted by Crippen LogP contribution is -1.92. The maximum absolute atomic E-state index is 8.79. The average Bonchev–Trinajstić information content (AvgIpc) is 2.69. The van der Waals surface area contributed by atoms with Crippen LogP contribution in [0, 0.1) is 6.92 Å². The lowest BCUT2D eigenvalue weighted by Gasteiger charge is -2.00. The fraction of sp³-hybridized carbons (Fsp3) is 0.273. The van der Waals surface area contributed by atoms with Crippen LogP contribution in [0.1, 0.15) is 22.8 Å². The van der Waals surface area contributed by atoms with E-state index in [1.807, 2.05) is 31.2 Å². The Bertz CT molecular complexity index is 451. The molecule has 0 spiro atoms. The monoisotopic (exact) mass is 204 g/mol. The molecule has 0 atom stereocenters. The van der Waals surface area contributed by atoms with Crippen molar-refractivity contribution in [3.63, 3.8) is 0 Å². The van der Waals surface area contributed by atoms with E-state index in [0.29, 0.717) is 18.1 Å². The Morgan fingerprint density at radius 3 is 2.80 bits per heavy atom. The van der Waals surface area contributed by atoms with Crippen LogP contribution in [0.5, 0.6) is 0 Å². The summed E-state index contributed by atoms with van der Waals surface area (Å²) in [6.45, 7) is 1.86. The van der Waals surface area contributed by atoms with Gasteiger partial charge >= 0.3 is 0 Å². The molecule has 4 heteroatoms. The van der Waals surface area contributed by atoms with Crippen LogP contribution in [0.2, 0.25) is 0 Å². The molecular weight excluding hydrogens is 192 g/mol. The standard InChI is InChI=1S/C11H12N2O2/c1-8-4-2-3-5-9(8)6-11-12-10(7-14)13-15-11/h2-5,14H,6-7H2,1H3. The van der Waals surface area contributed by atoms with Crippen LogP contribution < -0.4 is 0 Å². The van der Waals surface area contributed by atoms with Crippen LogP contribution in [0.4, 0.5) is 0 Å². The number of nitrogens with zero attached hydrogens (tertiary/aromatic N) is 2. The third-order valence-corrected chi connectivity index (χ3v) is 2.25. The molecule has 1 aromatic carbocycles. The van der Waals surface area contributed by atoms with Gasteiger partial charge in [0.2, 0.25) is 5.89 Å². The first kappa shape index (κ1) is 9.86. The van der Waals surface area contributed by atoms with E-state index in [1.165, 1.54) is 5.56 Å². The molecule has 0 saturated heterocycles. The average molecular weight is 204 g/mol. The van der Waals surface area contributed by atoms with Crippen LogP contribution in [0.3, 0.4) is 0 Å². The van der Waals surface area contributed by atoms with Crippen molar-refractivity contribution in [2.75, 3.05) is 0 Å². The Labute approximate surface area is 87.6 Å². The van der Waals surface area contributed by atoms with Crippen molar-refractivity contribution in [2.24, 2.45) is 0 Å². The highest BCUT2D eigenvalue weighted by Gasteiger charge is 2.07. The van der Waals surface area contributed by atoms with E-state index in [-0.39, 0.29) is 6.61 Å². The molecule has 4 nitrogen and oxygen atoms in total. The first-order chi connectivity index (χ1) is 7.29. The summed E-state index contributed by atoms with van der Waals surface area (Å²) >= 11 is 0. The molecule has 0 saturated carbocycles. The minimum absolute atomic E-state index is 0.183. The zero-order valence-corrected chi connectivity index (χ0v) is 8.47. The molecular formula is C11H12N2O2. The van der Waals surface area contributed by atoms with E-state index >= 15 is 0 Å². The van der Waals surface area contributed by atoms with E-state index in [0.717, 1.165) is 5.56 Å². The number of hydrogen-bond donors (Lipinski definition) is 1. The number of aromatic nitrogens is 2. The van der Waals surface area contributed by atoms with Gasteiger partial charge in [0, 0.05) is 0 Å². The van der Waals surface area contributed by atoms with Crippen molar-refractivity contribution >= 4 is 0 Å². The molecule has 2 aromatic rings. The van der Waals surface area contributed by atoms with Gasteiger partial charge in [-0.3, -0.25) is 0 Å². The predicted molar refractivity (Wildman–Crippen MR) is 54.2 cm³/mol. The van der Waals surface area contributed by atoms with Crippen LogP contribution in [-0.2, 0) is 13.0 Å². The van der Waals surface area contributed by atoms with Gasteiger partial charge in [0.25, 0.3) is 0 Å². The Kier molecular flexibility index (Phi) is 2.78. The fourth-order valence-corrected chi connectivity index (χ4v) is 1.40. The van der Waals surface area contributed by atoms with Crippen LogP contribution in [0.15, 0.2) is 28.8 Å². The molecule has 0 aliphatic heterocycles. The highest BCUT2D eigenvalue weighted by atomic mass is 16.5. The summed E-state index contributed by atoms with van der Waals surface area (Å²) in [6, 6.07) is 8.04. The van der Waals surface area contributed by atoms with Crippen LogP contribution in [0.25, 0.3) is 0 Å². The smallest absolute Gasteiger partial charge is 0.231 e. The van der Waals surface area contributed by atoms with Crippen molar-refractivity contribution in [3.05, 3.63) is 47.1 Å². The third-order valence-electron chi connectivity index (χ3n) is 2.25. The van der Waals surface area contributed by atoms with E-state index in [4.69, 9.17) is 9.63 Å². The Morgan fingerprint density at radius 2 is 2.13 bits per heavy atom. The molecule has 0 unspecified atom stereocenters. The second-order valence-electron chi connectivity index (χ2n) is 3.37. The first-order valence-electron chi connectivity index (χ1n) is 4.76. The van der Waals surface area contributed by atoms with Gasteiger partial charge in [0.1, 0.15) is 6.61 Å². The van der Waals surface area contributed by atoms with Gasteiger partial charge in [-0.1, -0.05) is 29.4 Å². The lowest BCUT2D eigenvalue weighted by molar-refractivity contribution is 0.263. The normalized spacial score (nSPS) is 10.5. The predicted octanol–water partition coefficient (Wildman–Crippen LogP) is 1.46. The largest absolute Gasteiger partial charge is 0.388 e. The second-order valence-corrected chi connectivity index (χ2v) is 3.37. The van der Waals surface area contributed by atoms with Gasteiger partial charge < -0.3 is 9.63 Å². The summed E-state index contributed by atoms with van der Waals surface area (Å²) in [5.74, 6) is 0.868. The fourth-order valence-electron chi connectivity index (χ4n) is 1.40. The van der Waals surface area contributed by atoms with E-state index in [9.17, 15) is 0 Å². The van der Waals surface area contributed by atoms with E-state index in [2.05, 4.69) is 10.1 Å². The van der Waals surface area contributed by atoms with Crippen molar-refractivity contribution < 1.29 is 9.63 Å². The molecule has 15 heavy (non-hydrogen) atoms. The number of hydrogen-bond acceptors (Lipinski definition) is 4. The number of benzene rings is 1. The zero-order valence-electron chi connectivity index (χ0n) is 8.47. The number of aliphatic hydroxyl groups is 1. The topological polar surface area (TPSA) is 59.2 Å². The van der Waals surface area contributed by atoms with Crippen LogP contribution in [-0.4, -0.2) is 15.2 Å². The lowest BCUT2D eigenvalue weighted by atomic mass is 10.1. The minimum atomic E-state index is -0.183. The highest BCUT2D eigenvalue weighted by molar-refractivity contribution is 5.27. The van der Waals surface area contributed by atoms with Crippen LogP contribution >= 0.6 is 0 Å². The van der Waals surface area contributed by atoms with Gasteiger partial charge in [0.15, 0.2) is 5.82 Å². The SMILES string of the molecule is Cc1ccccc1Cc1nc(CO)no1. The van der Waals surface area contributed by atoms with Gasteiger partial charge in [-0.05, 0) is 18.1 Å². The molecule has 0 amide bonds. The van der Waals surface area contributed by atoms with Crippen molar-refractivity contribution in [1.82, 2.24) is 10.1 Å². The summed E-state index contributed by atoms with van der Waals surface area (Å²) in [7, 11) is 0. The number of aryl methyl sites for hydroxylation is 1. The Hall–Kier alpha value is -1.68. The summed E-state index contributed by atoms with van der Waals surface area (Å²) in [4.78, 5) is 4.04. The number of rotatable bonds is 3. The molecule has 1 N–H and O–H groups in total. The second kappa shape index (κ2) is 4.23. The molecule has 0 aliphatic carbocycles. The highest BCUT2D eigenvalue weighted by Crippen LogP contribution is 2.12. The summed E-state index contributed by atoms with van der Waals surface area (Å²) in [5, 5.41) is 12.4. The number of aliphatic hydroxyl groups excluding tert-OH is 1. The van der Waals surface area contributed by atoms with E-state index in [1.54, 1.807) is 0 Å². The summed E-state index contributed by atoms with van der Waals surface area (Å²) in [6.07, 6.45) is 0.611. The molecule has 1 heterocycles. The molecule has 0 aliphatic rings. The quantitative estimate of drug-likeness (QED) is 0.822. The molecule has 78 valence electrons. The van der Waals surface area contributed by atoms with Crippen molar-refractivity contribution in [3.8, 4) is 0 Å². The molecule has 0 bridgehead atoms. The van der Waals surface area contributed by atoms with Gasteiger partial charge in [0.05, 0.1) is 6.42 Å². The van der Waals surface area contributed by atoms with E-state index < -0.39 is 0 Å². The summed E-state index contributed by atoms with van der Waals surface area (Å²) in [5.41, 5.74) is 2.35. The Balaban J connectivity index is 2.18. The Morgan fingerprint density at radius 1 is 1.33 bits per heavy atom. The zero-order chi connectivity index (χ0) is 10.7. The van der Waals surface area contributed by atoms with Crippen molar-refractivity contribution in [2.45, 2.75) is 20.0 Å². The minimum Gasteiger partial charge on any atom is -0.388 e. The molecule has 0 fully saturated rings. The van der Waals surface area contributed by atoms with Gasteiger partial charge in [-0.2, -0.15) is 4.98 Å². The molecule has 0 radical (unpaired) electrons. The third kappa shape index (κ3) is 2.22. The maximum Gasteiger partial charge on any atom is 0.231 e. The summed E-state index contributed by atoms with van der Waals surface area (Å²) < 4.78 is 4.99. The van der Waals surface area contributed by atoms with Gasteiger partial charge in [-0.25, -0.2) is 0 Å². The van der Waals surface area contributed by atoms with Gasteiger partial charge in [-0.15, -0.1) is 0 Å². The molecule has 2 rings (SSSR count). The first-order valence-corrected chi connectivity index (χ1v) is 4.76. The van der Waals surface area contributed by atoms with Crippen molar-refractivity contribution in [1.29, 1.82) is 0 Å².